The number of benzene rings is 3. The van der Waals surface area contributed by atoms with E-state index in [1.54, 1.807) is 24.3 Å². The van der Waals surface area contributed by atoms with Crippen molar-refractivity contribution in [3.63, 3.8) is 0 Å². The van der Waals surface area contributed by atoms with Gasteiger partial charge in [0.1, 0.15) is 11.7 Å². The second-order valence-electron chi connectivity index (χ2n) is 10.2. The number of halogens is 1. The summed E-state index contributed by atoms with van der Waals surface area (Å²) in [4.78, 5) is 25.5. The first-order valence-electron chi connectivity index (χ1n) is 13.2. The molecule has 200 valence electrons. The molecule has 5 N–H and O–H groups in total. The van der Waals surface area contributed by atoms with Crippen LogP contribution in [0.5, 0.6) is 0 Å². The Labute approximate surface area is 226 Å². The monoisotopic (exact) mass is 525 g/mol. The first kappa shape index (κ1) is 26.2. The van der Waals surface area contributed by atoms with E-state index in [9.17, 15) is 14.0 Å². The number of carbonyl (C=O) groups is 2. The number of nitrogens with one attached hydrogen (secondary N) is 3. The van der Waals surface area contributed by atoms with Crippen molar-refractivity contribution >= 4 is 34.2 Å². The molecule has 3 aromatic carbocycles. The maximum Gasteiger partial charge on any atom is 0.253 e. The van der Waals surface area contributed by atoms with E-state index in [0.29, 0.717) is 22.4 Å². The van der Waals surface area contributed by atoms with Gasteiger partial charge in [-0.05, 0) is 79.3 Å². The number of nitrogen functional groups attached to an aromatic ring is 1. The molecule has 5 rings (SSSR count). The maximum atomic E-state index is 13.7. The number of nitrogens with zero attached hydrogens (tertiary/aromatic N) is 1. The number of hydrogen-bond acceptors (Lipinski definition) is 4. The lowest BCUT2D eigenvalue weighted by Gasteiger charge is -2.14. The molecule has 0 aliphatic heterocycles. The van der Waals surface area contributed by atoms with Crippen molar-refractivity contribution in [1.29, 1.82) is 5.41 Å². The van der Waals surface area contributed by atoms with Crippen LogP contribution < -0.4 is 16.4 Å². The molecule has 1 aliphatic rings. The summed E-state index contributed by atoms with van der Waals surface area (Å²) < 4.78 is 15.8. The lowest BCUT2D eigenvalue weighted by Crippen LogP contribution is -2.32. The molecule has 1 heterocycles. The van der Waals surface area contributed by atoms with Gasteiger partial charge in [0, 0.05) is 40.8 Å². The number of carbonyl (C=O) groups excluding carboxylic acids is 2. The number of rotatable bonds is 8. The second-order valence-corrected chi connectivity index (χ2v) is 10.2. The van der Waals surface area contributed by atoms with E-state index in [0.717, 1.165) is 47.8 Å². The summed E-state index contributed by atoms with van der Waals surface area (Å²) in [7, 11) is 0. The number of anilines is 1. The third-order valence-electron chi connectivity index (χ3n) is 7.14. The average molecular weight is 526 g/mol. The van der Waals surface area contributed by atoms with Crippen molar-refractivity contribution in [1.82, 2.24) is 15.2 Å². The summed E-state index contributed by atoms with van der Waals surface area (Å²) in [6, 6.07) is 17.2. The lowest BCUT2D eigenvalue weighted by molar-refractivity contribution is -0.120. The van der Waals surface area contributed by atoms with E-state index in [2.05, 4.69) is 22.1 Å². The van der Waals surface area contributed by atoms with Gasteiger partial charge >= 0.3 is 0 Å². The Morgan fingerprint density at radius 3 is 2.51 bits per heavy atom. The Hall–Kier alpha value is -4.46. The summed E-state index contributed by atoms with van der Waals surface area (Å²) in [6.07, 6.45) is 4.50. The number of amides is 2. The van der Waals surface area contributed by atoms with Crippen LogP contribution >= 0.6 is 0 Å². The van der Waals surface area contributed by atoms with Crippen LogP contribution in [-0.4, -0.2) is 22.2 Å². The fourth-order valence-corrected chi connectivity index (χ4v) is 4.83. The van der Waals surface area contributed by atoms with Gasteiger partial charge in [-0.1, -0.05) is 31.2 Å². The highest BCUT2D eigenvalue weighted by atomic mass is 19.1. The first-order valence-corrected chi connectivity index (χ1v) is 13.2. The molecule has 0 saturated heterocycles. The highest BCUT2D eigenvalue weighted by Gasteiger charge is 2.30. The van der Waals surface area contributed by atoms with Crippen LogP contribution in [0.2, 0.25) is 0 Å². The summed E-state index contributed by atoms with van der Waals surface area (Å²) >= 11 is 0. The molecule has 0 spiro atoms. The molecular formula is C31H32FN5O2. The average Bonchev–Trinajstić information content (AvgIpc) is 3.71. The van der Waals surface area contributed by atoms with Crippen LogP contribution in [0.1, 0.15) is 60.6 Å². The Morgan fingerprint density at radius 2 is 1.82 bits per heavy atom. The van der Waals surface area contributed by atoms with Gasteiger partial charge in [-0.3, -0.25) is 15.0 Å². The molecule has 39 heavy (non-hydrogen) atoms. The standard InChI is InChI=1S/C31H32FN5O2/c1-3-13-37-17-26(31(39)35-18(2)20-5-4-6-23(32)14-20)25-15-21(10-12-28(25)37)22-9-11-24(27(33)16-22)29(34)36-30(38)19-7-8-19/h4-6,9-12,14-19H,3,7-8,13,33H2,1-2H3,(H,35,39)(H2,34,36,38). The van der Waals surface area contributed by atoms with Crippen molar-refractivity contribution in [3.05, 3.63) is 89.4 Å². The van der Waals surface area contributed by atoms with Crippen LogP contribution in [0.25, 0.3) is 22.0 Å². The minimum Gasteiger partial charge on any atom is -0.398 e. The highest BCUT2D eigenvalue weighted by molar-refractivity contribution is 6.10. The molecule has 8 heteroatoms. The Bertz CT molecular complexity index is 1590. The van der Waals surface area contributed by atoms with E-state index < -0.39 is 0 Å². The van der Waals surface area contributed by atoms with E-state index in [1.807, 2.05) is 37.4 Å². The summed E-state index contributed by atoms with van der Waals surface area (Å²) in [5.74, 6) is -0.722. The van der Waals surface area contributed by atoms with Crippen molar-refractivity contribution in [3.8, 4) is 11.1 Å². The van der Waals surface area contributed by atoms with Gasteiger partial charge in [0.15, 0.2) is 0 Å². The van der Waals surface area contributed by atoms with Crippen molar-refractivity contribution < 1.29 is 14.0 Å². The summed E-state index contributed by atoms with van der Waals surface area (Å²) in [6.45, 7) is 4.68. The summed E-state index contributed by atoms with van der Waals surface area (Å²) in [5, 5.41) is 14.7. The number of aromatic nitrogens is 1. The molecule has 1 aromatic heterocycles. The maximum absolute atomic E-state index is 13.7. The van der Waals surface area contributed by atoms with Crippen LogP contribution in [0.15, 0.2) is 66.9 Å². The molecule has 1 saturated carbocycles. The van der Waals surface area contributed by atoms with Crippen LogP contribution in [-0.2, 0) is 11.3 Å². The largest absolute Gasteiger partial charge is 0.398 e. The van der Waals surface area contributed by atoms with Crippen LogP contribution in [0.3, 0.4) is 0 Å². The molecule has 2 amide bonds. The van der Waals surface area contributed by atoms with Gasteiger partial charge < -0.3 is 20.9 Å². The quantitative estimate of drug-likeness (QED) is 0.133. The molecular weight excluding hydrogens is 493 g/mol. The smallest absolute Gasteiger partial charge is 0.253 e. The Morgan fingerprint density at radius 1 is 1.08 bits per heavy atom. The highest BCUT2D eigenvalue weighted by Crippen LogP contribution is 2.31. The lowest BCUT2D eigenvalue weighted by atomic mass is 9.99. The normalized spacial score (nSPS) is 13.7. The van der Waals surface area contributed by atoms with Crippen molar-refractivity contribution in [2.75, 3.05) is 5.73 Å². The minimum absolute atomic E-state index is 0.000771. The minimum atomic E-state index is -0.371. The van der Waals surface area contributed by atoms with E-state index >= 15 is 0 Å². The van der Waals surface area contributed by atoms with Gasteiger partial charge in [0.2, 0.25) is 5.91 Å². The van der Waals surface area contributed by atoms with Gasteiger partial charge in [0.25, 0.3) is 5.91 Å². The molecule has 1 aliphatic carbocycles. The molecule has 1 unspecified atom stereocenters. The fraction of sp³-hybridized carbons (Fsp3) is 0.258. The summed E-state index contributed by atoms with van der Waals surface area (Å²) in [5.41, 5.74) is 11.0. The molecule has 7 nitrogen and oxygen atoms in total. The number of amidine groups is 1. The van der Waals surface area contributed by atoms with Crippen LogP contribution in [0, 0.1) is 17.1 Å². The number of nitrogens with two attached hydrogens (primary N) is 1. The van der Waals surface area contributed by atoms with Crippen molar-refractivity contribution in [2.45, 2.75) is 45.7 Å². The van der Waals surface area contributed by atoms with Gasteiger partial charge in [0.05, 0.1) is 11.6 Å². The van der Waals surface area contributed by atoms with Crippen molar-refractivity contribution in [2.24, 2.45) is 5.92 Å². The third kappa shape index (κ3) is 5.55. The molecule has 0 radical (unpaired) electrons. The Balaban J connectivity index is 1.44. The second kappa shape index (κ2) is 10.7. The van der Waals surface area contributed by atoms with E-state index in [4.69, 9.17) is 11.1 Å². The molecule has 1 atom stereocenters. The number of aryl methyl sites for hydroxylation is 1. The predicted molar refractivity (Wildman–Crippen MR) is 152 cm³/mol. The predicted octanol–water partition coefficient (Wildman–Crippen LogP) is 5.78. The number of hydrogen-bond donors (Lipinski definition) is 4. The fourth-order valence-electron chi connectivity index (χ4n) is 4.83. The van der Waals surface area contributed by atoms with Crippen LogP contribution in [0.4, 0.5) is 10.1 Å². The first-order chi connectivity index (χ1) is 18.7. The third-order valence-corrected chi connectivity index (χ3v) is 7.14. The van der Waals surface area contributed by atoms with E-state index in [-0.39, 0.29) is 35.4 Å². The topological polar surface area (TPSA) is 113 Å². The molecule has 1 fully saturated rings. The SMILES string of the molecule is CCCn1cc(C(=O)NC(C)c2cccc(F)c2)c2cc(-c3ccc(C(=N)NC(=O)C4CC4)c(N)c3)ccc21. The van der Waals surface area contributed by atoms with Gasteiger partial charge in [-0.25, -0.2) is 4.39 Å². The zero-order chi connectivity index (χ0) is 27.7. The van der Waals surface area contributed by atoms with Gasteiger partial charge in [-0.2, -0.15) is 0 Å². The van der Waals surface area contributed by atoms with E-state index in [1.165, 1.54) is 12.1 Å². The molecule has 0 bridgehead atoms. The molecule has 4 aromatic rings. The zero-order valence-corrected chi connectivity index (χ0v) is 22.1. The number of fused-ring (bicyclic) bond motifs is 1. The van der Waals surface area contributed by atoms with Gasteiger partial charge in [-0.15, -0.1) is 0 Å². The zero-order valence-electron chi connectivity index (χ0n) is 22.1. The Kier molecular flexibility index (Phi) is 7.19.